The minimum atomic E-state index is 0.444. The zero-order valence-corrected chi connectivity index (χ0v) is 10.9. The van der Waals surface area contributed by atoms with E-state index in [1.165, 1.54) is 11.3 Å². The molecule has 0 unspecified atom stereocenters. The molecule has 17 heavy (non-hydrogen) atoms. The van der Waals surface area contributed by atoms with Crippen molar-refractivity contribution in [2.75, 3.05) is 20.0 Å². The Labute approximate surface area is 108 Å². The van der Waals surface area contributed by atoms with Crippen LogP contribution in [0, 0.1) is 0 Å². The molecule has 1 aromatic heterocycles. The van der Waals surface area contributed by atoms with Gasteiger partial charge in [-0.1, -0.05) is 22.9 Å². The van der Waals surface area contributed by atoms with Crippen LogP contribution >= 0.6 is 22.9 Å². The lowest BCUT2D eigenvalue weighted by Gasteiger charge is -2.11. The Kier molecular flexibility index (Phi) is 3.40. The summed E-state index contributed by atoms with van der Waals surface area (Å²) in [5.74, 6) is 1.14. The molecule has 2 N–H and O–H groups in total. The van der Waals surface area contributed by atoms with Gasteiger partial charge >= 0.3 is 0 Å². The number of aromatic nitrogens is 1. The minimum Gasteiger partial charge on any atom is -0.495 e. The number of halogens is 1. The first-order chi connectivity index (χ1) is 8.17. The maximum Gasteiger partial charge on any atom is 0.180 e. The normalized spacial score (nSPS) is 10.3. The number of ether oxygens (including phenoxy) is 2. The van der Waals surface area contributed by atoms with Crippen molar-refractivity contribution in [2.45, 2.75) is 0 Å². The Morgan fingerprint density at radius 2 is 2.06 bits per heavy atom. The van der Waals surface area contributed by atoms with Gasteiger partial charge in [-0.3, -0.25) is 0 Å². The average Bonchev–Trinajstić information content (AvgIpc) is 2.75. The lowest BCUT2D eigenvalue weighted by atomic mass is 10.1. The van der Waals surface area contributed by atoms with Gasteiger partial charge < -0.3 is 15.2 Å². The highest BCUT2D eigenvalue weighted by Gasteiger charge is 2.15. The summed E-state index contributed by atoms with van der Waals surface area (Å²) >= 11 is 7.55. The van der Waals surface area contributed by atoms with Gasteiger partial charge in [0.1, 0.15) is 16.5 Å². The first-order valence-corrected chi connectivity index (χ1v) is 5.99. The van der Waals surface area contributed by atoms with Crippen molar-refractivity contribution in [3.63, 3.8) is 0 Å². The number of hydrogen-bond acceptors (Lipinski definition) is 5. The van der Waals surface area contributed by atoms with Crippen LogP contribution in [0.4, 0.5) is 5.13 Å². The molecule has 1 aromatic carbocycles. The van der Waals surface area contributed by atoms with Crippen molar-refractivity contribution >= 4 is 28.1 Å². The number of benzene rings is 1. The van der Waals surface area contributed by atoms with Crippen LogP contribution in [0.15, 0.2) is 18.3 Å². The Morgan fingerprint density at radius 1 is 1.29 bits per heavy atom. The summed E-state index contributed by atoms with van der Waals surface area (Å²) in [5, 5.41) is 0.952. The Bertz CT molecular complexity index is 542. The third-order valence-electron chi connectivity index (χ3n) is 2.27. The van der Waals surface area contributed by atoms with E-state index in [1.54, 1.807) is 26.5 Å². The molecule has 2 rings (SSSR count). The van der Waals surface area contributed by atoms with Crippen molar-refractivity contribution in [1.29, 1.82) is 0 Å². The van der Waals surface area contributed by atoms with Gasteiger partial charge in [0, 0.05) is 11.8 Å². The van der Waals surface area contributed by atoms with Crippen LogP contribution in [0.5, 0.6) is 11.5 Å². The highest BCUT2D eigenvalue weighted by atomic mass is 35.5. The predicted octanol–water partition coefficient (Wildman–Crippen LogP) is 3.06. The molecule has 1 heterocycles. The highest BCUT2D eigenvalue weighted by Crippen LogP contribution is 2.43. The van der Waals surface area contributed by atoms with Gasteiger partial charge in [-0.05, 0) is 12.1 Å². The van der Waals surface area contributed by atoms with Gasteiger partial charge in [0.2, 0.25) is 0 Å². The van der Waals surface area contributed by atoms with Crippen molar-refractivity contribution in [3.8, 4) is 21.9 Å². The fraction of sp³-hybridized carbons (Fsp3) is 0.182. The van der Waals surface area contributed by atoms with E-state index in [0.717, 1.165) is 10.4 Å². The van der Waals surface area contributed by atoms with E-state index >= 15 is 0 Å². The predicted molar refractivity (Wildman–Crippen MR) is 70.1 cm³/mol. The van der Waals surface area contributed by atoms with Crippen LogP contribution in [0.1, 0.15) is 0 Å². The van der Waals surface area contributed by atoms with Crippen LogP contribution in [0.25, 0.3) is 10.4 Å². The molecule has 0 atom stereocenters. The zero-order valence-electron chi connectivity index (χ0n) is 9.36. The van der Waals surface area contributed by atoms with E-state index in [-0.39, 0.29) is 0 Å². The second-order valence-electron chi connectivity index (χ2n) is 3.23. The van der Waals surface area contributed by atoms with E-state index in [4.69, 9.17) is 26.8 Å². The number of nitrogen functional groups attached to an aromatic ring is 1. The third kappa shape index (κ3) is 2.16. The summed E-state index contributed by atoms with van der Waals surface area (Å²) in [7, 11) is 3.12. The third-order valence-corrected chi connectivity index (χ3v) is 3.49. The molecular formula is C11H11ClN2O2S. The van der Waals surface area contributed by atoms with E-state index in [1.807, 2.05) is 6.07 Å². The second-order valence-corrected chi connectivity index (χ2v) is 4.67. The van der Waals surface area contributed by atoms with Crippen LogP contribution in [0.2, 0.25) is 5.02 Å². The molecule has 0 aliphatic heterocycles. The van der Waals surface area contributed by atoms with Crippen LogP contribution < -0.4 is 15.2 Å². The minimum absolute atomic E-state index is 0.444. The quantitative estimate of drug-likeness (QED) is 0.931. The van der Waals surface area contributed by atoms with Gasteiger partial charge in [0.15, 0.2) is 5.13 Å². The number of hydrogen-bond donors (Lipinski definition) is 1. The standard InChI is InChI=1S/C11H11ClN2O2S/c1-15-7-4-3-6(10(16-2)9(7)12)8-5-14-11(13)17-8/h3-5H,1-2H3,(H2,13,14). The van der Waals surface area contributed by atoms with E-state index < -0.39 is 0 Å². The van der Waals surface area contributed by atoms with Crippen LogP contribution in [-0.4, -0.2) is 19.2 Å². The Morgan fingerprint density at radius 3 is 2.59 bits per heavy atom. The summed E-state index contributed by atoms with van der Waals surface area (Å²) < 4.78 is 10.4. The SMILES string of the molecule is COc1ccc(-c2cnc(N)s2)c(OC)c1Cl. The summed E-state index contributed by atoms with van der Waals surface area (Å²) in [6, 6.07) is 3.66. The smallest absolute Gasteiger partial charge is 0.180 e. The topological polar surface area (TPSA) is 57.4 Å². The fourth-order valence-electron chi connectivity index (χ4n) is 1.50. The molecule has 4 nitrogen and oxygen atoms in total. The summed E-state index contributed by atoms with van der Waals surface area (Å²) in [6.45, 7) is 0. The van der Waals surface area contributed by atoms with Gasteiger partial charge in [-0.25, -0.2) is 4.98 Å². The summed E-state index contributed by atoms with van der Waals surface area (Å²) in [6.07, 6.45) is 1.70. The van der Waals surface area contributed by atoms with Gasteiger partial charge in [-0.2, -0.15) is 0 Å². The Hall–Kier alpha value is -1.46. The molecule has 0 bridgehead atoms. The maximum atomic E-state index is 6.17. The van der Waals surface area contributed by atoms with Crippen molar-refractivity contribution in [1.82, 2.24) is 4.98 Å². The first kappa shape index (κ1) is 12.0. The summed E-state index contributed by atoms with van der Waals surface area (Å²) in [4.78, 5) is 4.91. The first-order valence-electron chi connectivity index (χ1n) is 4.79. The monoisotopic (exact) mass is 270 g/mol. The number of nitrogens with two attached hydrogens (primary N) is 1. The molecule has 0 aliphatic rings. The Balaban J connectivity index is 2.58. The molecule has 0 saturated heterocycles. The molecule has 90 valence electrons. The fourth-order valence-corrected chi connectivity index (χ4v) is 2.53. The lowest BCUT2D eigenvalue weighted by Crippen LogP contribution is -1.91. The molecule has 0 spiro atoms. The largest absolute Gasteiger partial charge is 0.495 e. The number of methoxy groups -OCH3 is 2. The van der Waals surface area contributed by atoms with Gasteiger partial charge in [-0.15, -0.1) is 0 Å². The molecular weight excluding hydrogens is 260 g/mol. The maximum absolute atomic E-state index is 6.17. The zero-order chi connectivity index (χ0) is 12.4. The van der Waals surface area contributed by atoms with E-state index in [9.17, 15) is 0 Å². The highest BCUT2D eigenvalue weighted by molar-refractivity contribution is 7.18. The van der Waals surface area contributed by atoms with Crippen LogP contribution in [-0.2, 0) is 0 Å². The molecule has 0 fully saturated rings. The number of thiazole rings is 1. The van der Waals surface area contributed by atoms with Gasteiger partial charge in [0.25, 0.3) is 0 Å². The van der Waals surface area contributed by atoms with Crippen LogP contribution in [0.3, 0.4) is 0 Å². The molecule has 2 aromatic rings. The second kappa shape index (κ2) is 4.81. The lowest BCUT2D eigenvalue weighted by molar-refractivity contribution is 0.396. The molecule has 0 aliphatic carbocycles. The van der Waals surface area contributed by atoms with E-state index in [2.05, 4.69) is 4.98 Å². The summed E-state index contributed by atoms with van der Waals surface area (Å²) in [5.41, 5.74) is 6.46. The average molecular weight is 271 g/mol. The number of rotatable bonds is 3. The molecule has 0 saturated carbocycles. The van der Waals surface area contributed by atoms with Crippen molar-refractivity contribution in [3.05, 3.63) is 23.4 Å². The molecule has 0 radical (unpaired) electrons. The van der Waals surface area contributed by atoms with Crippen molar-refractivity contribution < 1.29 is 9.47 Å². The number of anilines is 1. The number of nitrogens with zero attached hydrogens (tertiary/aromatic N) is 1. The van der Waals surface area contributed by atoms with Crippen molar-refractivity contribution in [2.24, 2.45) is 0 Å². The molecule has 6 heteroatoms. The molecule has 0 amide bonds. The van der Waals surface area contributed by atoms with Gasteiger partial charge in [0.05, 0.1) is 19.1 Å². The van der Waals surface area contributed by atoms with E-state index in [0.29, 0.717) is 21.7 Å².